The second kappa shape index (κ2) is 8.21. The Kier molecular flexibility index (Phi) is 6.28. The highest BCUT2D eigenvalue weighted by molar-refractivity contribution is 7.99. The van der Waals surface area contributed by atoms with Gasteiger partial charge in [-0.05, 0) is 25.4 Å². The molecular formula is C14H19N3O2S2. The standard InChI is InChI=1S/C14H19N3O2S2/c1-10(15-2)7-16-14(18)9-20-8-11-6-12(19-17-11)13-4-3-5-21-13/h3-6,10,15H,7-9H2,1-2H3,(H,16,18). The Morgan fingerprint density at radius 2 is 2.43 bits per heavy atom. The van der Waals surface area contributed by atoms with Crippen molar-refractivity contribution in [3.05, 3.63) is 29.3 Å². The van der Waals surface area contributed by atoms with Gasteiger partial charge in [0.05, 0.1) is 16.3 Å². The Morgan fingerprint density at radius 3 is 3.14 bits per heavy atom. The number of nitrogens with one attached hydrogen (secondary N) is 2. The first-order chi connectivity index (χ1) is 10.2. The van der Waals surface area contributed by atoms with Crippen molar-refractivity contribution in [3.8, 4) is 10.6 Å². The maximum absolute atomic E-state index is 11.6. The number of carbonyl (C=O) groups excluding carboxylic acids is 1. The van der Waals surface area contributed by atoms with Crippen LogP contribution in [0.2, 0.25) is 0 Å². The number of rotatable bonds is 8. The zero-order chi connectivity index (χ0) is 15.1. The molecule has 0 aromatic carbocycles. The molecule has 0 aliphatic carbocycles. The van der Waals surface area contributed by atoms with Gasteiger partial charge in [0, 0.05) is 24.4 Å². The minimum Gasteiger partial charge on any atom is -0.355 e. The fourth-order valence-corrected chi connectivity index (χ4v) is 2.99. The molecule has 2 heterocycles. The number of hydrogen-bond acceptors (Lipinski definition) is 6. The van der Waals surface area contributed by atoms with Crippen LogP contribution >= 0.6 is 23.1 Å². The van der Waals surface area contributed by atoms with Crippen LogP contribution in [0, 0.1) is 0 Å². The Balaban J connectivity index is 1.70. The summed E-state index contributed by atoms with van der Waals surface area (Å²) in [6.07, 6.45) is 0. The molecule has 0 aliphatic rings. The van der Waals surface area contributed by atoms with Crippen molar-refractivity contribution in [2.45, 2.75) is 18.7 Å². The minimum atomic E-state index is 0.0454. The normalized spacial score (nSPS) is 12.3. The Labute approximate surface area is 132 Å². The predicted octanol–water partition coefficient (Wildman–Crippen LogP) is 2.36. The third-order valence-electron chi connectivity index (χ3n) is 2.90. The van der Waals surface area contributed by atoms with E-state index in [0.29, 0.717) is 18.1 Å². The van der Waals surface area contributed by atoms with Gasteiger partial charge in [-0.15, -0.1) is 23.1 Å². The van der Waals surface area contributed by atoms with Gasteiger partial charge in [-0.2, -0.15) is 0 Å². The van der Waals surface area contributed by atoms with Crippen molar-refractivity contribution >= 4 is 29.0 Å². The van der Waals surface area contributed by atoms with E-state index < -0.39 is 0 Å². The van der Waals surface area contributed by atoms with Gasteiger partial charge in [-0.1, -0.05) is 11.2 Å². The smallest absolute Gasteiger partial charge is 0.230 e. The average molecular weight is 325 g/mol. The first kappa shape index (κ1) is 16.1. The summed E-state index contributed by atoms with van der Waals surface area (Å²) < 4.78 is 5.30. The molecule has 0 bridgehead atoms. The summed E-state index contributed by atoms with van der Waals surface area (Å²) in [6, 6.07) is 6.19. The van der Waals surface area contributed by atoms with E-state index in [1.807, 2.05) is 37.6 Å². The molecule has 114 valence electrons. The van der Waals surface area contributed by atoms with Gasteiger partial charge in [0.1, 0.15) is 0 Å². The molecule has 1 atom stereocenters. The molecule has 2 aromatic rings. The molecule has 21 heavy (non-hydrogen) atoms. The lowest BCUT2D eigenvalue weighted by Gasteiger charge is -2.10. The van der Waals surface area contributed by atoms with Gasteiger partial charge in [-0.3, -0.25) is 4.79 Å². The topological polar surface area (TPSA) is 67.2 Å². The van der Waals surface area contributed by atoms with Crippen LogP contribution in [0.25, 0.3) is 10.6 Å². The molecule has 1 unspecified atom stereocenters. The second-order valence-corrected chi connectivity index (χ2v) is 6.58. The van der Waals surface area contributed by atoms with Crippen molar-refractivity contribution < 1.29 is 9.32 Å². The summed E-state index contributed by atoms with van der Waals surface area (Å²) in [5, 5.41) is 12.0. The van der Waals surface area contributed by atoms with Crippen LogP contribution in [0.4, 0.5) is 0 Å². The lowest BCUT2D eigenvalue weighted by molar-refractivity contribution is -0.118. The van der Waals surface area contributed by atoms with Crippen LogP contribution in [0.15, 0.2) is 28.1 Å². The maximum Gasteiger partial charge on any atom is 0.230 e. The van der Waals surface area contributed by atoms with Crippen LogP contribution in [-0.2, 0) is 10.5 Å². The molecule has 0 radical (unpaired) electrons. The Bertz CT molecular complexity index is 554. The third kappa shape index (κ3) is 5.18. The Morgan fingerprint density at radius 1 is 1.57 bits per heavy atom. The van der Waals surface area contributed by atoms with Gasteiger partial charge in [0.25, 0.3) is 0 Å². The highest BCUT2D eigenvalue weighted by Gasteiger charge is 2.09. The first-order valence-corrected chi connectivity index (χ1v) is 8.73. The molecule has 0 saturated heterocycles. The first-order valence-electron chi connectivity index (χ1n) is 6.70. The molecular weight excluding hydrogens is 306 g/mol. The lowest BCUT2D eigenvalue weighted by Crippen LogP contribution is -2.37. The van der Waals surface area contributed by atoms with Crippen LogP contribution < -0.4 is 10.6 Å². The fraction of sp³-hybridized carbons (Fsp3) is 0.429. The zero-order valence-electron chi connectivity index (χ0n) is 12.1. The summed E-state index contributed by atoms with van der Waals surface area (Å²) in [7, 11) is 1.88. The van der Waals surface area contributed by atoms with Crippen molar-refractivity contribution in [2.75, 3.05) is 19.3 Å². The van der Waals surface area contributed by atoms with Gasteiger partial charge < -0.3 is 15.2 Å². The molecule has 2 N–H and O–H groups in total. The molecule has 2 rings (SSSR count). The van der Waals surface area contributed by atoms with E-state index in [4.69, 9.17) is 4.52 Å². The monoisotopic (exact) mass is 325 g/mol. The molecule has 0 aliphatic heterocycles. The van der Waals surface area contributed by atoms with E-state index in [-0.39, 0.29) is 11.9 Å². The molecule has 1 amide bonds. The van der Waals surface area contributed by atoms with E-state index in [1.165, 1.54) is 11.8 Å². The van der Waals surface area contributed by atoms with Gasteiger partial charge >= 0.3 is 0 Å². The predicted molar refractivity (Wildman–Crippen MR) is 87.5 cm³/mol. The largest absolute Gasteiger partial charge is 0.355 e. The highest BCUT2D eigenvalue weighted by atomic mass is 32.2. The number of hydrogen-bond donors (Lipinski definition) is 2. The molecule has 0 saturated carbocycles. The quantitative estimate of drug-likeness (QED) is 0.780. The third-order valence-corrected chi connectivity index (χ3v) is 4.75. The van der Waals surface area contributed by atoms with Crippen LogP contribution in [-0.4, -0.2) is 36.5 Å². The van der Waals surface area contributed by atoms with Gasteiger partial charge in [0.15, 0.2) is 5.76 Å². The average Bonchev–Trinajstić information content (AvgIpc) is 3.15. The molecule has 0 fully saturated rings. The number of aromatic nitrogens is 1. The van der Waals surface area contributed by atoms with Crippen LogP contribution in [0.5, 0.6) is 0 Å². The van der Waals surface area contributed by atoms with Crippen molar-refractivity contribution in [3.63, 3.8) is 0 Å². The SMILES string of the molecule is CNC(C)CNC(=O)CSCc1cc(-c2cccs2)on1. The van der Waals surface area contributed by atoms with Crippen LogP contribution in [0.1, 0.15) is 12.6 Å². The summed E-state index contributed by atoms with van der Waals surface area (Å²) in [5.74, 6) is 1.93. The van der Waals surface area contributed by atoms with Crippen molar-refractivity contribution in [2.24, 2.45) is 0 Å². The number of thiophene rings is 1. The lowest BCUT2D eigenvalue weighted by atomic mass is 10.3. The number of amides is 1. The number of carbonyl (C=O) groups is 1. The fourth-order valence-electron chi connectivity index (χ4n) is 1.58. The second-order valence-electron chi connectivity index (χ2n) is 4.65. The van der Waals surface area contributed by atoms with Crippen LogP contribution in [0.3, 0.4) is 0 Å². The minimum absolute atomic E-state index is 0.0454. The number of likely N-dealkylation sites (N-methyl/N-ethyl adjacent to an activating group) is 1. The van der Waals surface area contributed by atoms with E-state index in [0.717, 1.165) is 16.3 Å². The summed E-state index contributed by atoms with van der Waals surface area (Å²) in [6.45, 7) is 2.66. The summed E-state index contributed by atoms with van der Waals surface area (Å²) >= 11 is 3.15. The molecule has 5 nitrogen and oxygen atoms in total. The molecule has 7 heteroatoms. The van der Waals surface area contributed by atoms with Crippen molar-refractivity contribution in [1.29, 1.82) is 0 Å². The van der Waals surface area contributed by atoms with Gasteiger partial charge in [0.2, 0.25) is 5.91 Å². The number of nitrogens with zero attached hydrogens (tertiary/aromatic N) is 1. The molecule has 0 spiro atoms. The maximum atomic E-state index is 11.6. The van der Waals surface area contributed by atoms with E-state index >= 15 is 0 Å². The summed E-state index contributed by atoms with van der Waals surface area (Å²) in [5.41, 5.74) is 0.861. The Hall–Kier alpha value is -1.31. The van der Waals surface area contributed by atoms with E-state index in [1.54, 1.807) is 11.3 Å². The summed E-state index contributed by atoms with van der Waals surface area (Å²) in [4.78, 5) is 12.7. The van der Waals surface area contributed by atoms with Gasteiger partial charge in [-0.25, -0.2) is 0 Å². The highest BCUT2D eigenvalue weighted by Crippen LogP contribution is 2.26. The molecule has 2 aromatic heterocycles. The van der Waals surface area contributed by atoms with E-state index in [9.17, 15) is 4.79 Å². The van der Waals surface area contributed by atoms with E-state index in [2.05, 4.69) is 15.8 Å². The number of thioether (sulfide) groups is 1. The zero-order valence-corrected chi connectivity index (χ0v) is 13.7. The van der Waals surface area contributed by atoms with Crippen molar-refractivity contribution in [1.82, 2.24) is 15.8 Å².